The Morgan fingerprint density at radius 2 is 1.94 bits per heavy atom. The highest BCUT2D eigenvalue weighted by Crippen LogP contribution is 2.40. The molecule has 2 aromatic carbocycles. The molecule has 33 heavy (non-hydrogen) atoms. The minimum atomic E-state index is -0.749. The van der Waals surface area contributed by atoms with E-state index in [0.717, 1.165) is 42.6 Å². The summed E-state index contributed by atoms with van der Waals surface area (Å²) in [5.74, 6) is 1.49. The number of hydrogen-bond donors (Lipinski definition) is 1. The lowest BCUT2D eigenvalue weighted by molar-refractivity contribution is -0.125. The van der Waals surface area contributed by atoms with E-state index in [1.807, 2.05) is 30.3 Å². The van der Waals surface area contributed by atoms with Crippen molar-refractivity contribution in [3.63, 3.8) is 0 Å². The molecule has 2 fully saturated rings. The first-order valence-corrected chi connectivity index (χ1v) is 12.5. The van der Waals surface area contributed by atoms with E-state index in [2.05, 4.69) is 17.1 Å². The van der Waals surface area contributed by atoms with Crippen LogP contribution in [0.1, 0.15) is 38.2 Å². The summed E-state index contributed by atoms with van der Waals surface area (Å²) in [6.07, 6.45) is 3.72. The molecule has 0 aliphatic carbocycles. The standard InChI is InChI=1S/C26H32Cl2N2O3/c1-19-3-2-12-30(18-19)13-16-33-22-7-5-21(6-8-22)29-25(31)26(10-14-32-15-11-26)23-9-4-20(27)17-24(23)28/h4-9,17,19H,2-3,10-16,18H2,1H3,(H,29,31)/t19-/m0/s1. The van der Waals surface area contributed by atoms with Crippen molar-refractivity contribution in [2.24, 2.45) is 5.92 Å². The summed E-state index contributed by atoms with van der Waals surface area (Å²) >= 11 is 12.6. The number of carbonyl (C=O) groups is 1. The van der Waals surface area contributed by atoms with E-state index in [4.69, 9.17) is 32.7 Å². The third-order valence-corrected chi connectivity index (χ3v) is 7.31. The molecule has 2 aromatic rings. The number of rotatable bonds is 7. The monoisotopic (exact) mass is 490 g/mol. The smallest absolute Gasteiger partial charge is 0.235 e. The summed E-state index contributed by atoms with van der Waals surface area (Å²) < 4.78 is 11.5. The van der Waals surface area contributed by atoms with Crippen LogP contribution in [0.5, 0.6) is 5.75 Å². The van der Waals surface area contributed by atoms with Gasteiger partial charge in [0, 0.05) is 42.0 Å². The van der Waals surface area contributed by atoms with E-state index in [0.29, 0.717) is 42.7 Å². The number of hydrogen-bond acceptors (Lipinski definition) is 4. The van der Waals surface area contributed by atoms with Crippen molar-refractivity contribution in [2.45, 2.75) is 38.0 Å². The molecule has 7 heteroatoms. The van der Waals surface area contributed by atoms with Gasteiger partial charge in [0.15, 0.2) is 0 Å². The van der Waals surface area contributed by atoms with Gasteiger partial charge >= 0.3 is 0 Å². The molecule has 0 bridgehead atoms. The summed E-state index contributed by atoms with van der Waals surface area (Å²) in [5, 5.41) is 4.14. The van der Waals surface area contributed by atoms with E-state index < -0.39 is 5.41 Å². The quantitative estimate of drug-likeness (QED) is 0.533. The Morgan fingerprint density at radius 3 is 2.64 bits per heavy atom. The first kappa shape index (κ1) is 24.3. The number of anilines is 1. The molecule has 0 unspecified atom stereocenters. The molecule has 1 atom stereocenters. The van der Waals surface area contributed by atoms with Crippen LogP contribution in [-0.2, 0) is 14.9 Å². The van der Waals surface area contributed by atoms with Crippen molar-refractivity contribution in [3.05, 3.63) is 58.1 Å². The molecule has 2 aliphatic heterocycles. The average molecular weight is 491 g/mol. The predicted octanol–water partition coefficient (Wildman–Crippen LogP) is 5.79. The van der Waals surface area contributed by atoms with Gasteiger partial charge in [-0.3, -0.25) is 9.69 Å². The SMILES string of the molecule is C[C@H]1CCCN(CCOc2ccc(NC(=O)C3(c4ccc(Cl)cc4Cl)CCOCC3)cc2)C1. The van der Waals surface area contributed by atoms with Gasteiger partial charge in [-0.2, -0.15) is 0 Å². The van der Waals surface area contributed by atoms with Crippen LogP contribution in [0, 0.1) is 5.92 Å². The van der Waals surface area contributed by atoms with Gasteiger partial charge in [0.05, 0.1) is 5.41 Å². The fraction of sp³-hybridized carbons (Fsp3) is 0.500. The van der Waals surface area contributed by atoms with Crippen LogP contribution in [0.25, 0.3) is 0 Å². The summed E-state index contributed by atoms with van der Waals surface area (Å²) in [6, 6.07) is 12.9. The molecule has 5 nitrogen and oxygen atoms in total. The Hall–Kier alpha value is -1.79. The zero-order valence-corrected chi connectivity index (χ0v) is 20.6. The van der Waals surface area contributed by atoms with Crippen LogP contribution < -0.4 is 10.1 Å². The minimum absolute atomic E-state index is 0.0806. The number of nitrogens with zero attached hydrogens (tertiary/aromatic N) is 1. The Balaban J connectivity index is 1.38. The summed E-state index contributed by atoms with van der Waals surface area (Å²) in [5.41, 5.74) is 0.773. The molecule has 4 rings (SSSR count). The molecular formula is C26H32Cl2N2O3. The highest BCUT2D eigenvalue weighted by Gasteiger charge is 2.43. The zero-order chi connectivity index (χ0) is 23.3. The Morgan fingerprint density at radius 1 is 1.18 bits per heavy atom. The van der Waals surface area contributed by atoms with Gasteiger partial charge in [0.1, 0.15) is 12.4 Å². The van der Waals surface area contributed by atoms with E-state index >= 15 is 0 Å². The Kier molecular flexibility index (Phi) is 8.18. The largest absolute Gasteiger partial charge is 0.492 e. The third kappa shape index (κ3) is 6.02. The number of amides is 1. The molecule has 0 saturated carbocycles. The summed E-state index contributed by atoms with van der Waals surface area (Å²) in [6.45, 7) is 7.24. The number of carbonyl (C=O) groups excluding carboxylic acids is 1. The maximum Gasteiger partial charge on any atom is 0.235 e. The molecule has 178 valence electrons. The zero-order valence-electron chi connectivity index (χ0n) is 19.1. The second-order valence-corrected chi connectivity index (χ2v) is 10.0. The molecule has 0 aromatic heterocycles. The maximum atomic E-state index is 13.5. The first-order valence-electron chi connectivity index (χ1n) is 11.8. The Labute approximate surface area is 206 Å². The number of piperidine rings is 1. The van der Waals surface area contributed by atoms with E-state index in [1.165, 1.54) is 12.8 Å². The van der Waals surface area contributed by atoms with Gasteiger partial charge in [0.2, 0.25) is 5.91 Å². The normalized spacial score (nSPS) is 20.9. The van der Waals surface area contributed by atoms with Crippen molar-refractivity contribution in [2.75, 3.05) is 44.8 Å². The highest BCUT2D eigenvalue weighted by molar-refractivity contribution is 6.35. The molecular weight excluding hydrogens is 459 g/mol. The molecule has 1 amide bonds. The third-order valence-electron chi connectivity index (χ3n) is 6.76. The maximum absolute atomic E-state index is 13.5. The summed E-state index contributed by atoms with van der Waals surface area (Å²) in [7, 11) is 0. The van der Waals surface area contributed by atoms with Crippen molar-refractivity contribution in [3.8, 4) is 5.75 Å². The van der Waals surface area contributed by atoms with E-state index in [-0.39, 0.29) is 5.91 Å². The number of benzene rings is 2. The van der Waals surface area contributed by atoms with E-state index in [9.17, 15) is 4.79 Å². The van der Waals surface area contributed by atoms with Crippen LogP contribution in [0.15, 0.2) is 42.5 Å². The molecule has 1 N–H and O–H groups in total. The van der Waals surface area contributed by atoms with Gasteiger partial charge in [-0.05, 0) is 80.1 Å². The molecule has 0 spiro atoms. The predicted molar refractivity (Wildman–Crippen MR) is 134 cm³/mol. The Bertz CT molecular complexity index is 945. The van der Waals surface area contributed by atoms with Gasteiger partial charge in [-0.1, -0.05) is 36.2 Å². The van der Waals surface area contributed by atoms with Crippen LogP contribution in [0.3, 0.4) is 0 Å². The van der Waals surface area contributed by atoms with Crippen LogP contribution in [0.4, 0.5) is 5.69 Å². The van der Waals surface area contributed by atoms with Gasteiger partial charge in [0.25, 0.3) is 0 Å². The average Bonchev–Trinajstić information content (AvgIpc) is 2.81. The van der Waals surface area contributed by atoms with E-state index in [1.54, 1.807) is 12.1 Å². The lowest BCUT2D eigenvalue weighted by Gasteiger charge is -2.36. The highest BCUT2D eigenvalue weighted by atomic mass is 35.5. The minimum Gasteiger partial charge on any atom is -0.492 e. The van der Waals surface area contributed by atoms with Crippen molar-refractivity contribution in [1.82, 2.24) is 4.90 Å². The lowest BCUT2D eigenvalue weighted by Crippen LogP contribution is -2.45. The first-order chi connectivity index (χ1) is 16.0. The second-order valence-electron chi connectivity index (χ2n) is 9.19. The molecule has 0 radical (unpaired) electrons. The van der Waals surface area contributed by atoms with Crippen molar-refractivity contribution < 1.29 is 14.3 Å². The van der Waals surface area contributed by atoms with Gasteiger partial charge in [-0.15, -0.1) is 0 Å². The number of halogens is 2. The van der Waals surface area contributed by atoms with Gasteiger partial charge < -0.3 is 14.8 Å². The number of ether oxygens (including phenoxy) is 2. The fourth-order valence-electron chi connectivity index (χ4n) is 4.88. The van der Waals surface area contributed by atoms with Crippen molar-refractivity contribution >= 4 is 34.8 Å². The van der Waals surface area contributed by atoms with Crippen LogP contribution in [0.2, 0.25) is 10.0 Å². The number of likely N-dealkylation sites (tertiary alicyclic amines) is 1. The molecule has 2 aliphatic rings. The summed E-state index contributed by atoms with van der Waals surface area (Å²) in [4.78, 5) is 16.0. The van der Waals surface area contributed by atoms with Gasteiger partial charge in [-0.25, -0.2) is 0 Å². The molecule has 2 saturated heterocycles. The van der Waals surface area contributed by atoms with Crippen LogP contribution >= 0.6 is 23.2 Å². The molecule has 2 heterocycles. The fourth-order valence-corrected chi connectivity index (χ4v) is 5.47. The lowest BCUT2D eigenvalue weighted by atomic mass is 9.73. The second kappa shape index (κ2) is 11.1. The topological polar surface area (TPSA) is 50.8 Å². The van der Waals surface area contributed by atoms with Crippen molar-refractivity contribution in [1.29, 1.82) is 0 Å². The number of nitrogens with one attached hydrogen (secondary N) is 1. The van der Waals surface area contributed by atoms with Crippen LogP contribution in [-0.4, -0.2) is 50.3 Å².